The summed E-state index contributed by atoms with van der Waals surface area (Å²) < 4.78 is 0. The van der Waals surface area contributed by atoms with Crippen LogP contribution >= 0.6 is 0 Å². The lowest BCUT2D eigenvalue weighted by Crippen LogP contribution is -2.35. The fourth-order valence-electron chi connectivity index (χ4n) is 3.34. The van der Waals surface area contributed by atoms with Crippen molar-refractivity contribution in [3.05, 3.63) is 0 Å². The highest BCUT2D eigenvalue weighted by Gasteiger charge is 2.31. The molecule has 14 heavy (non-hydrogen) atoms. The SMILES string of the molecule is OCC(C1CCCC1)C1CCNCC1. The fourth-order valence-corrected chi connectivity index (χ4v) is 3.34. The molecule has 1 unspecified atom stereocenters. The molecule has 2 fully saturated rings. The normalized spacial score (nSPS) is 28.1. The van der Waals surface area contributed by atoms with Gasteiger partial charge in [-0.3, -0.25) is 0 Å². The Morgan fingerprint density at radius 3 is 2.14 bits per heavy atom. The van der Waals surface area contributed by atoms with Gasteiger partial charge in [0.2, 0.25) is 0 Å². The molecule has 0 aromatic rings. The number of hydrogen-bond donors (Lipinski definition) is 2. The Hall–Kier alpha value is -0.0800. The van der Waals surface area contributed by atoms with Gasteiger partial charge in [-0.05, 0) is 43.7 Å². The van der Waals surface area contributed by atoms with Crippen LogP contribution in [0.15, 0.2) is 0 Å². The number of piperidine rings is 1. The maximum atomic E-state index is 9.52. The Labute approximate surface area is 87.1 Å². The van der Waals surface area contributed by atoms with Gasteiger partial charge in [-0.25, -0.2) is 0 Å². The maximum absolute atomic E-state index is 9.52. The lowest BCUT2D eigenvalue weighted by molar-refractivity contribution is 0.103. The smallest absolute Gasteiger partial charge is 0.0464 e. The third-order valence-corrected chi connectivity index (χ3v) is 4.21. The minimum Gasteiger partial charge on any atom is -0.396 e. The lowest BCUT2D eigenvalue weighted by Gasteiger charge is -2.33. The standard InChI is InChI=1S/C12H23NO/c14-9-12(10-3-1-2-4-10)11-5-7-13-8-6-11/h10-14H,1-9H2. The molecule has 0 bridgehead atoms. The van der Waals surface area contributed by atoms with E-state index in [0.29, 0.717) is 12.5 Å². The van der Waals surface area contributed by atoms with Crippen molar-refractivity contribution in [1.82, 2.24) is 5.32 Å². The van der Waals surface area contributed by atoms with Gasteiger partial charge in [0.15, 0.2) is 0 Å². The Kier molecular flexibility index (Phi) is 3.82. The molecule has 2 aliphatic rings. The van der Waals surface area contributed by atoms with Gasteiger partial charge in [-0.1, -0.05) is 25.7 Å². The van der Waals surface area contributed by atoms with E-state index in [1.54, 1.807) is 0 Å². The van der Waals surface area contributed by atoms with E-state index in [-0.39, 0.29) is 0 Å². The quantitative estimate of drug-likeness (QED) is 0.723. The molecular formula is C12H23NO. The first-order valence-corrected chi connectivity index (χ1v) is 6.23. The van der Waals surface area contributed by atoms with E-state index >= 15 is 0 Å². The Balaban J connectivity index is 1.89. The molecule has 2 rings (SSSR count). The molecule has 0 aromatic carbocycles. The zero-order valence-electron chi connectivity index (χ0n) is 9.04. The van der Waals surface area contributed by atoms with E-state index in [1.165, 1.54) is 38.5 Å². The number of aliphatic hydroxyl groups is 1. The van der Waals surface area contributed by atoms with Gasteiger partial charge in [0, 0.05) is 6.61 Å². The number of rotatable bonds is 3. The van der Waals surface area contributed by atoms with Crippen LogP contribution in [0.4, 0.5) is 0 Å². The zero-order chi connectivity index (χ0) is 9.80. The first kappa shape index (κ1) is 10.4. The van der Waals surface area contributed by atoms with Gasteiger partial charge in [-0.2, -0.15) is 0 Å². The van der Waals surface area contributed by atoms with Gasteiger partial charge in [0.25, 0.3) is 0 Å². The molecule has 2 heteroatoms. The summed E-state index contributed by atoms with van der Waals surface area (Å²) in [5.74, 6) is 2.24. The highest BCUT2D eigenvalue weighted by Crippen LogP contribution is 2.37. The molecule has 0 aromatic heterocycles. The molecular weight excluding hydrogens is 174 g/mol. The van der Waals surface area contributed by atoms with Gasteiger partial charge >= 0.3 is 0 Å². The predicted molar refractivity (Wildman–Crippen MR) is 58.1 cm³/mol. The molecule has 0 amide bonds. The molecule has 1 saturated carbocycles. The second-order valence-corrected chi connectivity index (χ2v) is 4.98. The van der Waals surface area contributed by atoms with Crippen molar-refractivity contribution in [2.75, 3.05) is 19.7 Å². The van der Waals surface area contributed by atoms with Crippen LogP contribution in [0.3, 0.4) is 0 Å². The van der Waals surface area contributed by atoms with Crippen molar-refractivity contribution in [3.63, 3.8) is 0 Å². The fraction of sp³-hybridized carbons (Fsp3) is 1.00. The van der Waals surface area contributed by atoms with Crippen LogP contribution in [0.25, 0.3) is 0 Å². The third kappa shape index (κ3) is 2.29. The monoisotopic (exact) mass is 197 g/mol. The summed E-state index contributed by atoms with van der Waals surface area (Å²) in [5, 5.41) is 12.9. The van der Waals surface area contributed by atoms with Crippen LogP contribution in [0.5, 0.6) is 0 Å². The van der Waals surface area contributed by atoms with Gasteiger partial charge < -0.3 is 10.4 Å². The van der Waals surface area contributed by atoms with Gasteiger partial charge in [0.05, 0.1) is 0 Å². The van der Waals surface area contributed by atoms with Crippen LogP contribution < -0.4 is 5.32 Å². The second-order valence-electron chi connectivity index (χ2n) is 4.98. The molecule has 0 spiro atoms. The minimum absolute atomic E-state index is 0.426. The second kappa shape index (κ2) is 5.13. The Morgan fingerprint density at radius 1 is 1.00 bits per heavy atom. The van der Waals surface area contributed by atoms with E-state index in [4.69, 9.17) is 0 Å². The summed E-state index contributed by atoms with van der Waals surface area (Å²) in [5.41, 5.74) is 0. The first-order valence-electron chi connectivity index (χ1n) is 6.23. The number of aliphatic hydroxyl groups excluding tert-OH is 1. The van der Waals surface area contributed by atoms with Crippen molar-refractivity contribution in [2.24, 2.45) is 17.8 Å². The highest BCUT2D eigenvalue weighted by molar-refractivity contribution is 4.82. The number of nitrogens with one attached hydrogen (secondary N) is 1. The summed E-state index contributed by atoms with van der Waals surface area (Å²) in [7, 11) is 0. The summed E-state index contributed by atoms with van der Waals surface area (Å²) in [6, 6.07) is 0. The lowest BCUT2D eigenvalue weighted by atomic mass is 9.77. The van der Waals surface area contributed by atoms with Crippen molar-refractivity contribution >= 4 is 0 Å². The van der Waals surface area contributed by atoms with Crippen LogP contribution in [0.2, 0.25) is 0 Å². The summed E-state index contributed by atoms with van der Waals surface area (Å²) >= 11 is 0. The van der Waals surface area contributed by atoms with Crippen molar-refractivity contribution < 1.29 is 5.11 Å². The molecule has 1 heterocycles. The van der Waals surface area contributed by atoms with Crippen LogP contribution in [0, 0.1) is 17.8 Å². The van der Waals surface area contributed by atoms with E-state index in [1.807, 2.05) is 0 Å². The highest BCUT2D eigenvalue weighted by atomic mass is 16.3. The number of hydrogen-bond acceptors (Lipinski definition) is 2. The van der Waals surface area contributed by atoms with Gasteiger partial charge in [-0.15, -0.1) is 0 Å². The minimum atomic E-state index is 0.426. The Morgan fingerprint density at radius 2 is 1.57 bits per heavy atom. The van der Waals surface area contributed by atoms with E-state index < -0.39 is 0 Å². The first-order chi connectivity index (χ1) is 6.92. The van der Waals surface area contributed by atoms with Crippen LogP contribution in [0.1, 0.15) is 38.5 Å². The van der Waals surface area contributed by atoms with Crippen LogP contribution in [-0.4, -0.2) is 24.8 Å². The molecule has 2 N–H and O–H groups in total. The summed E-state index contributed by atoms with van der Waals surface area (Å²) in [6.45, 7) is 2.75. The average Bonchev–Trinajstić information content (AvgIpc) is 2.74. The largest absolute Gasteiger partial charge is 0.396 e. The Bertz CT molecular complexity index is 160. The van der Waals surface area contributed by atoms with Crippen molar-refractivity contribution in [3.8, 4) is 0 Å². The predicted octanol–water partition coefficient (Wildman–Crippen LogP) is 1.78. The zero-order valence-corrected chi connectivity index (χ0v) is 9.04. The molecule has 1 aliphatic carbocycles. The topological polar surface area (TPSA) is 32.3 Å². The maximum Gasteiger partial charge on any atom is 0.0464 e. The molecule has 1 aliphatic heterocycles. The summed E-state index contributed by atoms with van der Waals surface area (Å²) in [4.78, 5) is 0. The molecule has 1 atom stereocenters. The third-order valence-electron chi connectivity index (χ3n) is 4.21. The average molecular weight is 197 g/mol. The van der Waals surface area contributed by atoms with Crippen molar-refractivity contribution in [1.29, 1.82) is 0 Å². The summed E-state index contributed by atoms with van der Waals surface area (Å²) in [6.07, 6.45) is 8.09. The van der Waals surface area contributed by atoms with Crippen LogP contribution in [-0.2, 0) is 0 Å². The van der Waals surface area contributed by atoms with Crippen molar-refractivity contribution in [2.45, 2.75) is 38.5 Å². The molecule has 82 valence electrons. The molecule has 2 nitrogen and oxygen atoms in total. The van der Waals surface area contributed by atoms with Gasteiger partial charge in [0.1, 0.15) is 0 Å². The van der Waals surface area contributed by atoms with E-state index in [0.717, 1.165) is 24.9 Å². The molecule has 1 saturated heterocycles. The molecule has 0 radical (unpaired) electrons. The van der Waals surface area contributed by atoms with E-state index in [9.17, 15) is 5.11 Å². The van der Waals surface area contributed by atoms with E-state index in [2.05, 4.69) is 5.32 Å².